The van der Waals surface area contributed by atoms with Crippen LogP contribution in [0.15, 0.2) is 69.3 Å². The van der Waals surface area contributed by atoms with Crippen molar-refractivity contribution in [2.24, 2.45) is 16.1 Å². The van der Waals surface area contributed by atoms with Crippen LogP contribution in [0.4, 0.5) is 0 Å². The predicted octanol–water partition coefficient (Wildman–Crippen LogP) is 5.49. The van der Waals surface area contributed by atoms with E-state index in [9.17, 15) is 9.59 Å². The van der Waals surface area contributed by atoms with E-state index in [0.29, 0.717) is 25.0 Å². The van der Waals surface area contributed by atoms with Gasteiger partial charge in [0.1, 0.15) is 5.78 Å². The van der Waals surface area contributed by atoms with Gasteiger partial charge in [-0.15, -0.1) is 0 Å². The molecule has 0 spiro atoms. The van der Waals surface area contributed by atoms with Gasteiger partial charge in [0.05, 0.1) is 17.1 Å². The smallest absolute Gasteiger partial charge is 0.205 e. The Hall–Kier alpha value is -3.67. The first-order chi connectivity index (χ1) is 16.5. The second-order valence-electron chi connectivity index (χ2n) is 8.76. The first-order valence-corrected chi connectivity index (χ1v) is 11.7. The third-order valence-electron chi connectivity index (χ3n) is 6.36. The summed E-state index contributed by atoms with van der Waals surface area (Å²) in [6.45, 7) is 5.78. The number of aromatic nitrogens is 1. The maximum Gasteiger partial charge on any atom is 0.205 e. The second-order valence-corrected chi connectivity index (χ2v) is 8.76. The van der Waals surface area contributed by atoms with E-state index >= 15 is 0 Å². The molecule has 1 unspecified atom stereocenters. The highest BCUT2D eigenvalue weighted by Crippen LogP contribution is 2.24. The van der Waals surface area contributed by atoms with E-state index in [4.69, 9.17) is 4.52 Å². The number of rotatable bonds is 10. The number of Topliss-reactive ketones (excluding diaryl/α,β-unsaturated/α-hetero) is 2. The topological polar surface area (TPSA) is 84.9 Å². The van der Waals surface area contributed by atoms with Crippen LogP contribution in [0.1, 0.15) is 64.7 Å². The number of carbonyl (C=O) groups excluding carboxylic acids is 2. The van der Waals surface area contributed by atoms with Gasteiger partial charge in [0.15, 0.2) is 0 Å². The maximum atomic E-state index is 12.6. The molecule has 1 aromatic heterocycles. The largest absolute Gasteiger partial charge is 0.353 e. The SMILES string of the molecule is CCC1C(CCC(=O)Cc2ccc(CC(=O)c3onc(C)c3C)cc2)=NN=C1c1ccccc1. The van der Waals surface area contributed by atoms with Crippen molar-refractivity contribution in [1.82, 2.24) is 5.16 Å². The average Bonchev–Trinajstić information content (AvgIpc) is 3.42. The summed E-state index contributed by atoms with van der Waals surface area (Å²) in [6.07, 6.45) is 2.59. The predicted molar refractivity (Wildman–Crippen MR) is 133 cm³/mol. The molecular weight excluding hydrogens is 426 g/mol. The van der Waals surface area contributed by atoms with Crippen LogP contribution in [0.5, 0.6) is 0 Å². The fourth-order valence-corrected chi connectivity index (χ4v) is 4.24. The van der Waals surface area contributed by atoms with Gasteiger partial charge in [-0.05, 0) is 43.4 Å². The van der Waals surface area contributed by atoms with Gasteiger partial charge in [-0.3, -0.25) is 9.59 Å². The number of benzene rings is 2. The summed E-state index contributed by atoms with van der Waals surface area (Å²) in [6, 6.07) is 17.7. The molecule has 34 heavy (non-hydrogen) atoms. The Morgan fingerprint density at radius 1 is 0.912 bits per heavy atom. The third kappa shape index (κ3) is 5.28. The molecule has 2 aromatic carbocycles. The number of nitrogens with zero attached hydrogens (tertiary/aromatic N) is 3. The number of hydrogen-bond acceptors (Lipinski definition) is 6. The lowest BCUT2D eigenvalue weighted by Gasteiger charge is -2.13. The molecule has 6 nitrogen and oxygen atoms in total. The van der Waals surface area contributed by atoms with Crippen molar-refractivity contribution >= 4 is 23.0 Å². The minimum absolute atomic E-state index is 0.0955. The van der Waals surface area contributed by atoms with Gasteiger partial charge in [-0.25, -0.2) is 0 Å². The molecule has 0 saturated heterocycles. The van der Waals surface area contributed by atoms with Gasteiger partial charge in [-0.2, -0.15) is 10.2 Å². The summed E-state index contributed by atoms with van der Waals surface area (Å²) in [7, 11) is 0. The number of ketones is 2. The molecule has 1 aliphatic heterocycles. The Labute approximate surface area is 199 Å². The summed E-state index contributed by atoms with van der Waals surface area (Å²) < 4.78 is 5.16. The van der Waals surface area contributed by atoms with Crippen molar-refractivity contribution in [3.8, 4) is 0 Å². The van der Waals surface area contributed by atoms with Crippen LogP contribution in [-0.2, 0) is 17.6 Å². The van der Waals surface area contributed by atoms with Gasteiger partial charge < -0.3 is 4.52 Å². The third-order valence-corrected chi connectivity index (χ3v) is 6.36. The summed E-state index contributed by atoms with van der Waals surface area (Å²) in [5, 5.41) is 12.7. The fraction of sp³-hybridized carbons (Fsp3) is 0.321. The minimum Gasteiger partial charge on any atom is -0.353 e. The summed E-state index contributed by atoms with van der Waals surface area (Å²) in [4.78, 5) is 25.1. The first-order valence-electron chi connectivity index (χ1n) is 11.7. The zero-order valence-electron chi connectivity index (χ0n) is 19.9. The fourth-order valence-electron chi connectivity index (χ4n) is 4.24. The maximum absolute atomic E-state index is 12.6. The molecule has 1 atom stereocenters. The molecule has 0 aliphatic carbocycles. The van der Waals surface area contributed by atoms with Gasteiger partial charge in [0, 0.05) is 30.7 Å². The highest BCUT2D eigenvalue weighted by atomic mass is 16.5. The standard InChI is InChI=1S/C28H29N3O3/c1-4-24-25(29-30-27(24)22-8-6-5-7-9-22)15-14-23(32)16-20-10-12-21(13-11-20)17-26(33)28-18(2)19(3)31-34-28/h5-13,24H,4,14-17H2,1-3H3. The van der Waals surface area contributed by atoms with Gasteiger partial charge >= 0.3 is 0 Å². The van der Waals surface area contributed by atoms with Crippen molar-refractivity contribution in [3.63, 3.8) is 0 Å². The molecular formula is C28H29N3O3. The van der Waals surface area contributed by atoms with Crippen molar-refractivity contribution in [2.75, 3.05) is 0 Å². The quantitative estimate of drug-likeness (QED) is 0.378. The molecule has 1 aliphatic rings. The van der Waals surface area contributed by atoms with Crippen LogP contribution in [0.3, 0.4) is 0 Å². The van der Waals surface area contributed by atoms with E-state index in [1.807, 2.05) is 56.3 Å². The highest BCUT2D eigenvalue weighted by molar-refractivity contribution is 6.17. The number of aryl methyl sites for hydroxylation is 1. The summed E-state index contributed by atoms with van der Waals surface area (Å²) in [5.41, 5.74) is 6.40. The Morgan fingerprint density at radius 2 is 1.59 bits per heavy atom. The molecule has 0 bridgehead atoms. The Morgan fingerprint density at radius 3 is 2.21 bits per heavy atom. The average molecular weight is 456 g/mol. The van der Waals surface area contributed by atoms with E-state index in [-0.39, 0.29) is 23.9 Å². The zero-order valence-corrected chi connectivity index (χ0v) is 19.9. The monoisotopic (exact) mass is 455 g/mol. The van der Waals surface area contributed by atoms with Gasteiger partial charge in [0.25, 0.3) is 0 Å². The Kier molecular flexibility index (Phi) is 7.26. The van der Waals surface area contributed by atoms with E-state index in [2.05, 4.69) is 34.4 Å². The molecule has 0 radical (unpaired) electrons. The van der Waals surface area contributed by atoms with E-state index < -0.39 is 0 Å². The molecule has 6 heteroatoms. The molecule has 0 fully saturated rings. The van der Waals surface area contributed by atoms with Crippen LogP contribution in [0.2, 0.25) is 0 Å². The van der Waals surface area contributed by atoms with Crippen molar-refractivity contribution in [2.45, 2.75) is 52.9 Å². The zero-order chi connectivity index (χ0) is 24.1. The Balaban J connectivity index is 1.28. The molecule has 4 rings (SSSR count). The molecule has 0 saturated carbocycles. The molecule has 174 valence electrons. The van der Waals surface area contributed by atoms with Crippen molar-refractivity contribution < 1.29 is 14.1 Å². The van der Waals surface area contributed by atoms with Crippen LogP contribution >= 0.6 is 0 Å². The van der Waals surface area contributed by atoms with Crippen LogP contribution < -0.4 is 0 Å². The molecule has 2 heterocycles. The number of hydrogen-bond donors (Lipinski definition) is 0. The van der Waals surface area contributed by atoms with E-state index in [0.717, 1.165) is 45.8 Å². The molecule has 0 N–H and O–H groups in total. The van der Waals surface area contributed by atoms with Gasteiger partial charge in [0.2, 0.25) is 11.5 Å². The van der Waals surface area contributed by atoms with E-state index in [1.54, 1.807) is 0 Å². The van der Waals surface area contributed by atoms with E-state index in [1.165, 1.54) is 0 Å². The van der Waals surface area contributed by atoms with Gasteiger partial charge in [-0.1, -0.05) is 66.7 Å². The normalized spacial score (nSPS) is 15.2. The second kappa shape index (κ2) is 10.5. The van der Waals surface area contributed by atoms with Crippen molar-refractivity contribution in [3.05, 3.63) is 88.3 Å². The minimum atomic E-state index is -0.0955. The molecule has 3 aromatic rings. The lowest BCUT2D eigenvalue weighted by Crippen LogP contribution is -2.21. The Bertz CT molecular complexity index is 1240. The van der Waals surface area contributed by atoms with Crippen LogP contribution in [0, 0.1) is 19.8 Å². The van der Waals surface area contributed by atoms with Crippen LogP contribution in [-0.4, -0.2) is 28.1 Å². The summed E-state index contributed by atoms with van der Waals surface area (Å²) >= 11 is 0. The highest BCUT2D eigenvalue weighted by Gasteiger charge is 2.26. The van der Waals surface area contributed by atoms with Crippen LogP contribution in [0.25, 0.3) is 0 Å². The number of carbonyl (C=O) groups is 2. The van der Waals surface area contributed by atoms with Crippen molar-refractivity contribution in [1.29, 1.82) is 0 Å². The first kappa shape index (κ1) is 23.5. The molecule has 0 amide bonds. The lowest BCUT2D eigenvalue weighted by atomic mass is 9.88. The summed E-state index contributed by atoms with van der Waals surface area (Å²) in [5.74, 6) is 0.560. The lowest BCUT2D eigenvalue weighted by molar-refractivity contribution is -0.118.